The van der Waals surface area contributed by atoms with Crippen molar-refractivity contribution < 1.29 is 9.53 Å². The van der Waals surface area contributed by atoms with Gasteiger partial charge in [0.1, 0.15) is 0 Å². The molecule has 0 radical (unpaired) electrons. The molecule has 21 heavy (non-hydrogen) atoms. The summed E-state index contributed by atoms with van der Waals surface area (Å²) < 4.78 is 5.75. The first kappa shape index (κ1) is 14.5. The molecule has 0 spiro atoms. The molecule has 2 N–H and O–H groups in total. The number of carbonyl (C=O) groups excluding carboxylic acids is 1. The number of aromatic nitrogens is 1. The second-order valence-electron chi connectivity index (χ2n) is 5.72. The Morgan fingerprint density at radius 3 is 3.00 bits per heavy atom. The number of carbonyl (C=O) groups is 1. The lowest BCUT2D eigenvalue weighted by molar-refractivity contribution is -0.121. The number of ether oxygens (including phenoxy) is 1. The summed E-state index contributed by atoms with van der Waals surface area (Å²) in [6, 6.07) is 6.30. The van der Waals surface area contributed by atoms with Crippen LogP contribution >= 0.6 is 11.8 Å². The van der Waals surface area contributed by atoms with Crippen molar-refractivity contribution in [1.82, 2.24) is 10.3 Å². The van der Waals surface area contributed by atoms with E-state index in [-0.39, 0.29) is 11.4 Å². The molecule has 3 rings (SSSR count). The molecule has 4 nitrogen and oxygen atoms in total. The van der Waals surface area contributed by atoms with Gasteiger partial charge in [0.05, 0.1) is 18.1 Å². The van der Waals surface area contributed by atoms with E-state index in [9.17, 15) is 4.79 Å². The zero-order chi connectivity index (χ0) is 14.9. The Bertz CT molecular complexity index is 667. The van der Waals surface area contributed by atoms with Gasteiger partial charge in [-0.1, -0.05) is 12.1 Å². The molecule has 1 amide bonds. The zero-order valence-corrected chi connectivity index (χ0v) is 13.2. The normalized spacial score (nSPS) is 20.7. The molecule has 1 aromatic heterocycles. The Kier molecular flexibility index (Phi) is 3.95. The van der Waals surface area contributed by atoms with Crippen molar-refractivity contribution in [2.45, 2.75) is 25.3 Å². The van der Waals surface area contributed by atoms with Crippen LogP contribution in [-0.2, 0) is 22.4 Å². The number of thioether (sulfide) groups is 1. The van der Waals surface area contributed by atoms with E-state index in [1.165, 1.54) is 22.0 Å². The van der Waals surface area contributed by atoms with Crippen LogP contribution in [0.25, 0.3) is 10.9 Å². The second-order valence-corrected chi connectivity index (χ2v) is 6.54. The smallest absolute Gasteiger partial charge is 0.217 e. The van der Waals surface area contributed by atoms with E-state index in [1.807, 2.05) is 6.26 Å². The molecule has 112 valence electrons. The zero-order valence-electron chi connectivity index (χ0n) is 12.4. The predicted octanol–water partition coefficient (Wildman–Crippen LogP) is 2.48. The minimum atomic E-state index is -0.342. The molecule has 0 saturated carbocycles. The molecule has 0 bridgehead atoms. The van der Waals surface area contributed by atoms with Gasteiger partial charge in [0.25, 0.3) is 0 Å². The molecule has 1 atom stereocenters. The van der Waals surface area contributed by atoms with Crippen molar-refractivity contribution in [3.05, 3.63) is 35.5 Å². The highest BCUT2D eigenvalue weighted by Gasteiger charge is 2.37. The van der Waals surface area contributed by atoms with Gasteiger partial charge in [-0.05, 0) is 29.9 Å². The lowest BCUT2D eigenvalue weighted by Gasteiger charge is -2.37. The van der Waals surface area contributed by atoms with E-state index < -0.39 is 0 Å². The molecule has 0 fully saturated rings. The largest absolute Gasteiger partial charge is 0.368 e. The standard InChI is InChI=1S/C16H20N2O2S/c1-11(19)18-16(9-20-10-21-2)6-12-4-3-5-14-15(12)13(7-16)8-17-14/h3-5,8,17H,6-7,9-10H2,1-2H3,(H,18,19). The monoisotopic (exact) mass is 304 g/mol. The maximum absolute atomic E-state index is 11.7. The van der Waals surface area contributed by atoms with Crippen LogP contribution in [0.1, 0.15) is 18.1 Å². The quantitative estimate of drug-likeness (QED) is 0.659. The first-order valence-electron chi connectivity index (χ1n) is 7.07. The summed E-state index contributed by atoms with van der Waals surface area (Å²) in [7, 11) is 0. The van der Waals surface area contributed by atoms with E-state index in [4.69, 9.17) is 4.74 Å². The summed E-state index contributed by atoms with van der Waals surface area (Å²) in [5.74, 6) is 0.639. The highest BCUT2D eigenvalue weighted by Crippen LogP contribution is 2.34. The van der Waals surface area contributed by atoms with Crippen molar-refractivity contribution in [2.24, 2.45) is 0 Å². The van der Waals surface area contributed by atoms with E-state index >= 15 is 0 Å². The minimum Gasteiger partial charge on any atom is -0.368 e. The van der Waals surface area contributed by atoms with Gasteiger partial charge in [-0.3, -0.25) is 4.79 Å². The van der Waals surface area contributed by atoms with Gasteiger partial charge in [0, 0.05) is 30.4 Å². The fraction of sp³-hybridized carbons (Fsp3) is 0.438. The highest BCUT2D eigenvalue weighted by atomic mass is 32.2. The molecule has 1 aliphatic carbocycles. The van der Waals surface area contributed by atoms with Crippen LogP contribution in [0.3, 0.4) is 0 Å². The fourth-order valence-electron chi connectivity index (χ4n) is 3.34. The topological polar surface area (TPSA) is 54.1 Å². The van der Waals surface area contributed by atoms with Crippen LogP contribution in [0.4, 0.5) is 0 Å². The third-order valence-electron chi connectivity index (χ3n) is 3.95. The SMILES string of the molecule is CSCOCC1(NC(C)=O)Cc2cccc3[nH]cc(c23)C1. The van der Waals surface area contributed by atoms with Gasteiger partial charge in [-0.25, -0.2) is 0 Å². The van der Waals surface area contributed by atoms with Crippen molar-refractivity contribution >= 4 is 28.6 Å². The summed E-state index contributed by atoms with van der Waals surface area (Å²) in [5, 5.41) is 4.45. The lowest BCUT2D eigenvalue weighted by Crippen LogP contribution is -2.55. The molecular weight excluding hydrogens is 284 g/mol. The number of benzene rings is 1. The predicted molar refractivity (Wildman–Crippen MR) is 86.6 cm³/mol. The number of amides is 1. The van der Waals surface area contributed by atoms with Crippen molar-refractivity contribution in [2.75, 3.05) is 18.8 Å². The van der Waals surface area contributed by atoms with Crippen molar-refractivity contribution in [3.63, 3.8) is 0 Å². The maximum atomic E-state index is 11.7. The third kappa shape index (κ3) is 2.80. The van der Waals surface area contributed by atoms with Crippen molar-refractivity contribution in [3.8, 4) is 0 Å². The summed E-state index contributed by atoms with van der Waals surface area (Å²) in [6.07, 6.45) is 5.68. The summed E-state index contributed by atoms with van der Waals surface area (Å²) in [6.45, 7) is 2.11. The van der Waals surface area contributed by atoms with Crippen LogP contribution in [0.2, 0.25) is 0 Å². The molecule has 0 aliphatic heterocycles. The summed E-state index contributed by atoms with van der Waals surface area (Å²) >= 11 is 1.65. The van der Waals surface area contributed by atoms with E-state index in [0.29, 0.717) is 12.5 Å². The van der Waals surface area contributed by atoms with Crippen LogP contribution < -0.4 is 5.32 Å². The summed E-state index contributed by atoms with van der Waals surface area (Å²) in [5.41, 5.74) is 3.36. The summed E-state index contributed by atoms with van der Waals surface area (Å²) in [4.78, 5) is 15.0. The average molecular weight is 304 g/mol. The van der Waals surface area contributed by atoms with E-state index in [2.05, 4.69) is 34.7 Å². The van der Waals surface area contributed by atoms with Gasteiger partial charge in [0.2, 0.25) is 5.91 Å². The Labute approximate surface area is 128 Å². The van der Waals surface area contributed by atoms with Crippen LogP contribution in [0.5, 0.6) is 0 Å². The van der Waals surface area contributed by atoms with E-state index in [0.717, 1.165) is 12.8 Å². The molecule has 5 heteroatoms. The number of H-pyrrole nitrogens is 1. The lowest BCUT2D eigenvalue weighted by atomic mass is 9.79. The number of aromatic amines is 1. The average Bonchev–Trinajstić information content (AvgIpc) is 2.83. The first-order valence-corrected chi connectivity index (χ1v) is 8.46. The second kappa shape index (κ2) is 5.73. The molecule has 1 aliphatic rings. The Hall–Kier alpha value is -1.46. The number of nitrogens with one attached hydrogen (secondary N) is 2. The molecular formula is C16H20N2O2S. The van der Waals surface area contributed by atoms with E-state index in [1.54, 1.807) is 18.7 Å². The molecule has 1 heterocycles. The van der Waals surface area contributed by atoms with Crippen molar-refractivity contribution in [1.29, 1.82) is 0 Å². The Morgan fingerprint density at radius 2 is 2.24 bits per heavy atom. The highest BCUT2D eigenvalue weighted by molar-refractivity contribution is 7.98. The number of rotatable bonds is 5. The van der Waals surface area contributed by atoms with Gasteiger partial charge in [-0.15, -0.1) is 11.8 Å². The van der Waals surface area contributed by atoms with Crippen LogP contribution in [-0.4, -0.2) is 35.2 Å². The minimum absolute atomic E-state index is 0.00564. The van der Waals surface area contributed by atoms with Crippen LogP contribution in [0, 0.1) is 0 Å². The Balaban J connectivity index is 1.94. The van der Waals surface area contributed by atoms with Gasteiger partial charge in [0.15, 0.2) is 0 Å². The van der Waals surface area contributed by atoms with Gasteiger partial charge >= 0.3 is 0 Å². The Morgan fingerprint density at radius 1 is 1.43 bits per heavy atom. The van der Waals surface area contributed by atoms with Gasteiger partial charge in [-0.2, -0.15) is 0 Å². The number of hydrogen-bond donors (Lipinski definition) is 2. The third-order valence-corrected chi connectivity index (χ3v) is 4.35. The number of hydrogen-bond acceptors (Lipinski definition) is 3. The maximum Gasteiger partial charge on any atom is 0.217 e. The molecule has 0 saturated heterocycles. The van der Waals surface area contributed by atoms with Crippen LogP contribution in [0.15, 0.2) is 24.4 Å². The first-order chi connectivity index (χ1) is 10.1. The molecule has 1 unspecified atom stereocenters. The van der Waals surface area contributed by atoms with Gasteiger partial charge < -0.3 is 15.0 Å². The molecule has 1 aromatic carbocycles. The molecule has 2 aromatic rings. The fourth-order valence-corrected chi connectivity index (χ4v) is 3.59.